The smallest absolute Gasteiger partial charge is 0.258 e. The number of nitrogens with one attached hydrogen (secondary N) is 1. The molecule has 114 valence electrons. The molecule has 0 saturated carbocycles. The van der Waals surface area contributed by atoms with Crippen molar-refractivity contribution in [3.05, 3.63) is 23.8 Å². The number of ether oxygens (including phenoxy) is 2. The summed E-state index contributed by atoms with van der Waals surface area (Å²) < 4.78 is 10.6. The van der Waals surface area contributed by atoms with Crippen molar-refractivity contribution in [3.8, 4) is 11.5 Å². The van der Waals surface area contributed by atoms with Crippen LogP contribution in [0.5, 0.6) is 11.5 Å². The highest BCUT2D eigenvalue weighted by Crippen LogP contribution is 2.31. The van der Waals surface area contributed by atoms with Crippen molar-refractivity contribution >= 4 is 5.91 Å². The lowest BCUT2D eigenvalue weighted by Gasteiger charge is -2.37. The van der Waals surface area contributed by atoms with Crippen LogP contribution >= 0.6 is 0 Å². The van der Waals surface area contributed by atoms with E-state index in [1.165, 1.54) is 6.42 Å². The van der Waals surface area contributed by atoms with Crippen LogP contribution in [0.25, 0.3) is 0 Å². The molecule has 2 aliphatic heterocycles. The van der Waals surface area contributed by atoms with E-state index in [0.29, 0.717) is 29.0 Å². The minimum Gasteiger partial charge on any atom is -0.497 e. The van der Waals surface area contributed by atoms with Crippen molar-refractivity contribution in [1.29, 1.82) is 0 Å². The highest BCUT2D eigenvalue weighted by molar-refractivity contribution is 5.97. The third-order valence-electron chi connectivity index (χ3n) is 4.58. The number of likely N-dealkylation sites (tertiary alicyclic amines) is 1. The van der Waals surface area contributed by atoms with Crippen molar-refractivity contribution < 1.29 is 14.3 Å². The van der Waals surface area contributed by atoms with Gasteiger partial charge in [0, 0.05) is 25.7 Å². The second-order valence-corrected chi connectivity index (χ2v) is 5.69. The highest BCUT2D eigenvalue weighted by atomic mass is 16.5. The van der Waals surface area contributed by atoms with Gasteiger partial charge in [-0.25, -0.2) is 0 Å². The van der Waals surface area contributed by atoms with E-state index in [4.69, 9.17) is 9.47 Å². The third-order valence-corrected chi connectivity index (χ3v) is 4.58. The number of nitrogens with zero attached hydrogens (tertiary/aromatic N) is 1. The number of methoxy groups -OCH3 is 2. The predicted octanol–water partition coefficient (Wildman–Crippen LogP) is 1.53. The van der Waals surface area contributed by atoms with E-state index in [1.54, 1.807) is 26.4 Å². The fraction of sp³-hybridized carbons (Fsp3) is 0.562. The summed E-state index contributed by atoms with van der Waals surface area (Å²) in [6.45, 7) is 2.73. The zero-order valence-corrected chi connectivity index (χ0v) is 12.6. The molecular formula is C16H22N2O3. The lowest BCUT2D eigenvalue weighted by Crippen LogP contribution is -2.48. The van der Waals surface area contributed by atoms with E-state index < -0.39 is 0 Å². The van der Waals surface area contributed by atoms with Gasteiger partial charge in [-0.3, -0.25) is 4.79 Å². The molecule has 1 amide bonds. The van der Waals surface area contributed by atoms with Crippen LogP contribution in [0.3, 0.4) is 0 Å². The summed E-state index contributed by atoms with van der Waals surface area (Å²) in [6.07, 6.45) is 2.28. The highest BCUT2D eigenvalue weighted by Gasteiger charge is 2.38. The second kappa shape index (κ2) is 5.93. The van der Waals surface area contributed by atoms with Crippen LogP contribution in [0.15, 0.2) is 18.2 Å². The number of hydrogen-bond acceptors (Lipinski definition) is 4. The minimum absolute atomic E-state index is 0.0455. The van der Waals surface area contributed by atoms with Crippen molar-refractivity contribution in [3.63, 3.8) is 0 Å². The van der Waals surface area contributed by atoms with Crippen molar-refractivity contribution in [2.24, 2.45) is 5.92 Å². The molecule has 0 bridgehead atoms. The first-order valence-electron chi connectivity index (χ1n) is 7.48. The van der Waals surface area contributed by atoms with Gasteiger partial charge in [0.15, 0.2) is 0 Å². The molecule has 2 saturated heterocycles. The Morgan fingerprint density at radius 3 is 2.90 bits per heavy atom. The normalized spacial score (nSPS) is 24.6. The summed E-state index contributed by atoms with van der Waals surface area (Å²) in [5.41, 5.74) is 0.587. The first-order valence-corrected chi connectivity index (χ1v) is 7.48. The third kappa shape index (κ3) is 2.58. The molecule has 1 aromatic carbocycles. The SMILES string of the molecule is COc1ccc(OC)c(C(=O)N2CCCC3CNCC32)c1. The number of rotatable bonds is 3. The lowest BCUT2D eigenvalue weighted by atomic mass is 9.91. The topological polar surface area (TPSA) is 50.8 Å². The maximum Gasteiger partial charge on any atom is 0.258 e. The van der Waals surface area contributed by atoms with E-state index >= 15 is 0 Å². The molecule has 1 N–H and O–H groups in total. The number of amides is 1. The molecule has 2 aliphatic rings. The summed E-state index contributed by atoms with van der Waals surface area (Å²) in [5.74, 6) is 1.91. The van der Waals surface area contributed by atoms with Crippen LogP contribution in [0.2, 0.25) is 0 Å². The average Bonchev–Trinajstić information content (AvgIpc) is 3.02. The van der Waals surface area contributed by atoms with Crippen molar-refractivity contribution in [2.75, 3.05) is 33.9 Å². The van der Waals surface area contributed by atoms with E-state index in [2.05, 4.69) is 5.32 Å². The van der Waals surface area contributed by atoms with E-state index in [-0.39, 0.29) is 5.91 Å². The Hall–Kier alpha value is -1.75. The second-order valence-electron chi connectivity index (χ2n) is 5.69. The number of carbonyl (C=O) groups is 1. The van der Waals surface area contributed by atoms with Crippen LogP contribution in [-0.2, 0) is 0 Å². The van der Waals surface area contributed by atoms with E-state index in [0.717, 1.165) is 26.1 Å². The van der Waals surface area contributed by atoms with Gasteiger partial charge in [-0.2, -0.15) is 0 Å². The zero-order valence-electron chi connectivity index (χ0n) is 12.6. The first kappa shape index (κ1) is 14.2. The fourth-order valence-corrected chi connectivity index (χ4v) is 3.46. The maximum atomic E-state index is 13.0. The van der Waals surface area contributed by atoms with Crippen LogP contribution in [0.1, 0.15) is 23.2 Å². The van der Waals surface area contributed by atoms with Gasteiger partial charge in [0.25, 0.3) is 5.91 Å². The number of hydrogen-bond donors (Lipinski definition) is 1. The monoisotopic (exact) mass is 290 g/mol. The van der Waals surface area contributed by atoms with Gasteiger partial charge in [-0.1, -0.05) is 0 Å². The molecule has 0 spiro atoms. The summed E-state index contributed by atoms with van der Waals surface area (Å²) in [6, 6.07) is 5.68. The van der Waals surface area contributed by atoms with Crippen LogP contribution in [0, 0.1) is 5.92 Å². The Morgan fingerprint density at radius 2 is 2.14 bits per heavy atom. The Morgan fingerprint density at radius 1 is 1.29 bits per heavy atom. The lowest BCUT2D eigenvalue weighted by molar-refractivity contribution is 0.0571. The van der Waals surface area contributed by atoms with Gasteiger partial charge >= 0.3 is 0 Å². The number of benzene rings is 1. The summed E-state index contributed by atoms with van der Waals surface area (Å²) in [4.78, 5) is 15.0. The van der Waals surface area contributed by atoms with E-state index in [9.17, 15) is 4.79 Å². The average molecular weight is 290 g/mol. The van der Waals surface area contributed by atoms with Gasteiger partial charge in [-0.05, 0) is 37.0 Å². The van der Waals surface area contributed by atoms with Gasteiger partial charge in [-0.15, -0.1) is 0 Å². The molecule has 5 nitrogen and oxygen atoms in total. The Balaban J connectivity index is 1.90. The van der Waals surface area contributed by atoms with Crippen molar-refractivity contribution in [1.82, 2.24) is 10.2 Å². The van der Waals surface area contributed by atoms with E-state index in [1.807, 2.05) is 11.0 Å². The van der Waals surface area contributed by atoms with Gasteiger partial charge in [0.1, 0.15) is 11.5 Å². The van der Waals surface area contributed by atoms with Crippen molar-refractivity contribution in [2.45, 2.75) is 18.9 Å². The number of carbonyl (C=O) groups excluding carboxylic acids is 1. The zero-order chi connectivity index (χ0) is 14.8. The Labute approximate surface area is 125 Å². The fourth-order valence-electron chi connectivity index (χ4n) is 3.46. The standard InChI is InChI=1S/C16H22N2O3/c1-20-12-5-6-15(21-2)13(8-12)16(19)18-7-3-4-11-9-17-10-14(11)18/h5-6,8,11,14,17H,3-4,7,9-10H2,1-2H3. The Kier molecular flexibility index (Phi) is 4.01. The number of piperidine rings is 1. The van der Waals surface area contributed by atoms with Crippen LogP contribution in [-0.4, -0.2) is 50.7 Å². The summed E-state index contributed by atoms with van der Waals surface area (Å²) in [7, 11) is 3.20. The first-order chi connectivity index (χ1) is 10.2. The molecular weight excluding hydrogens is 268 g/mol. The molecule has 5 heteroatoms. The molecule has 0 aromatic heterocycles. The molecule has 2 unspecified atom stereocenters. The largest absolute Gasteiger partial charge is 0.497 e. The Bertz CT molecular complexity index is 532. The maximum absolute atomic E-state index is 13.0. The summed E-state index contributed by atoms with van der Waals surface area (Å²) in [5, 5.41) is 3.40. The van der Waals surface area contributed by atoms with Gasteiger partial charge < -0.3 is 19.7 Å². The minimum atomic E-state index is 0.0455. The molecule has 2 atom stereocenters. The van der Waals surface area contributed by atoms with Crippen LogP contribution < -0.4 is 14.8 Å². The molecule has 0 aliphatic carbocycles. The molecule has 21 heavy (non-hydrogen) atoms. The molecule has 0 radical (unpaired) electrons. The quantitative estimate of drug-likeness (QED) is 0.917. The molecule has 2 fully saturated rings. The summed E-state index contributed by atoms with van der Waals surface area (Å²) >= 11 is 0. The predicted molar refractivity (Wildman–Crippen MR) is 80.0 cm³/mol. The molecule has 3 rings (SSSR count). The number of fused-ring (bicyclic) bond motifs is 1. The van der Waals surface area contributed by atoms with Crippen LogP contribution in [0.4, 0.5) is 0 Å². The molecule has 2 heterocycles. The molecule has 1 aromatic rings. The van der Waals surface area contributed by atoms with Gasteiger partial charge in [0.05, 0.1) is 19.8 Å². The van der Waals surface area contributed by atoms with Gasteiger partial charge in [0.2, 0.25) is 0 Å².